The van der Waals surface area contributed by atoms with E-state index in [4.69, 9.17) is 5.73 Å². The molecule has 0 fully saturated rings. The molecule has 2 aromatic heterocycles. The van der Waals surface area contributed by atoms with E-state index in [0.717, 1.165) is 36.5 Å². The summed E-state index contributed by atoms with van der Waals surface area (Å²) in [6.45, 7) is 8.89. The molecule has 0 aliphatic carbocycles. The second kappa shape index (κ2) is 6.02. The van der Waals surface area contributed by atoms with Gasteiger partial charge in [0.2, 0.25) is 0 Å². The van der Waals surface area contributed by atoms with Crippen LogP contribution < -0.4 is 10.6 Å². The fourth-order valence-corrected chi connectivity index (χ4v) is 2.20. The molecule has 0 bridgehead atoms. The smallest absolute Gasteiger partial charge is 0.154 e. The van der Waals surface area contributed by atoms with Gasteiger partial charge in [0.05, 0.1) is 5.69 Å². The van der Waals surface area contributed by atoms with E-state index in [1.54, 1.807) is 6.20 Å². The van der Waals surface area contributed by atoms with Crippen molar-refractivity contribution in [3.8, 4) is 0 Å². The van der Waals surface area contributed by atoms with E-state index in [1.807, 2.05) is 10.7 Å². The van der Waals surface area contributed by atoms with Crippen LogP contribution >= 0.6 is 0 Å². The van der Waals surface area contributed by atoms with Crippen LogP contribution in [0.3, 0.4) is 0 Å². The number of rotatable bonds is 6. The number of hydrogen-bond donors (Lipinski definition) is 1. The van der Waals surface area contributed by atoms with E-state index >= 15 is 0 Å². The van der Waals surface area contributed by atoms with Crippen LogP contribution in [-0.4, -0.2) is 34.2 Å². The van der Waals surface area contributed by atoms with Gasteiger partial charge in [-0.1, -0.05) is 20.8 Å². The van der Waals surface area contributed by atoms with E-state index in [9.17, 15) is 0 Å². The second-order valence-corrected chi connectivity index (χ2v) is 5.08. The Kier molecular flexibility index (Phi) is 4.37. The second-order valence-electron chi connectivity index (χ2n) is 5.08. The van der Waals surface area contributed by atoms with Crippen molar-refractivity contribution in [2.24, 2.45) is 5.73 Å². The molecule has 2 N–H and O–H groups in total. The molecular formula is C14H23N5. The zero-order valence-corrected chi connectivity index (χ0v) is 12.0. The monoisotopic (exact) mass is 261 g/mol. The minimum absolute atomic E-state index is 0.418. The molecule has 19 heavy (non-hydrogen) atoms. The summed E-state index contributed by atoms with van der Waals surface area (Å²) in [6.07, 6.45) is 4.78. The van der Waals surface area contributed by atoms with Crippen LogP contribution in [0.15, 0.2) is 18.5 Å². The Hall–Kier alpha value is -1.62. The molecule has 2 rings (SSSR count). The van der Waals surface area contributed by atoms with Gasteiger partial charge in [0.1, 0.15) is 5.52 Å². The molecular weight excluding hydrogens is 238 g/mol. The quantitative estimate of drug-likeness (QED) is 0.864. The Labute approximate surface area is 114 Å². The van der Waals surface area contributed by atoms with Gasteiger partial charge in [0.25, 0.3) is 0 Å². The highest BCUT2D eigenvalue weighted by molar-refractivity contribution is 5.69. The lowest BCUT2D eigenvalue weighted by Crippen LogP contribution is -2.31. The average molecular weight is 261 g/mol. The minimum atomic E-state index is 0.418. The number of aromatic nitrogens is 3. The third kappa shape index (κ3) is 2.87. The van der Waals surface area contributed by atoms with Crippen molar-refractivity contribution >= 4 is 11.3 Å². The van der Waals surface area contributed by atoms with Crippen LogP contribution in [0.1, 0.15) is 38.8 Å². The topological polar surface area (TPSA) is 59.5 Å². The summed E-state index contributed by atoms with van der Waals surface area (Å²) in [5, 5.41) is 4.59. The lowest BCUT2D eigenvalue weighted by Gasteiger charge is -2.22. The van der Waals surface area contributed by atoms with E-state index < -0.39 is 0 Å². The van der Waals surface area contributed by atoms with Crippen molar-refractivity contribution in [3.05, 3.63) is 24.2 Å². The molecule has 104 valence electrons. The summed E-state index contributed by atoms with van der Waals surface area (Å²) < 4.78 is 1.91. The van der Waals surface area contributed by atoms with Crippen LogP contribution in [-0.2, 0) is 0 Å². The first-order chi connectivity index (χ1) is 9.17. The highest BCUT2D eigenvalue weighted by Gasteiger charge is 2.14. The van der Waals surface area contributed by atoms with Crippen LogP contribution in [0.2, 0.25) is 0 Å². The van der Waals surface area contributed by atoms with Crippen molar-refractivity contribution in [2.45, 2.75) is 33.1 Å². The zero-order chi connectivity index (χ0) is 13.8. The summed E-state index contributed by atoms with van der Waals surface area (Å²) in [5.41, 5.74) is 7.86. The summed E-state index contributed by atoms with van der Waals surface area (Å²) in [4.78, 5) is 6.76. The molecule has 0 aliphatic rings. The van der Waals surface area contributed by atoms with Gasteiger partial charge in [-0.3, -0.25) is 0 Å². The highest BCUT2D eigenvalue weighted by atomic mass is 15.3. The van der Waals surface area contributed by atoms with Gasteiger partial charge in [-0.25, -0.2) is 9.50 Å². The fourth-order valence-electron chi connectivity index (χ4n) is 2.20. The molecule has 2 heterocycles. The van der Waals surface area contributed by atoms with Crippen molar-refractivity contribution in [1.82, 2.24) is 14.6 Å². The van der Waals surface area contributed by atoms with Crippen LogP contribution in [0, 0.1) is 0 Å². The predicted octanol–water partition coefficient (Wildman–Crippen LogP) is 2.03. The molecule has 0 radical (unpaired) electrons. The Bertz CT molecular complexity index is 526. The largest absolute Gasteiger partial charge is 0.354 e. The van der Waals surface area contributed by atoms with Crippen molar-refractivity contribution in [3.63, 3.8) is 0 Å². The maximum atomic E-state index is 5.70. The van der Waals surface area contributed by atoms with Gasteiger partial charge in [0, 0.05) is 32.0 Å². The zero-order valence-electron chi connectivity index (χ0n) is 12.0. The SMILES string of the molecule is CCCN(CCN)c1nccn2nc(C(C)C)cc12. The molecule has 2 aromatic rings. The maximum absolute atomic E-state index is 5.70. The average Bonchev–Trinajstić information content (AvgIpc) is 2.82. The fraction of sp³-hybridized carbons (Fsp3) is 0.571. The Morgan fingerprint density at radius 1 is 1.37 bits per heavy atom. The number of anilines is 1. The molecule has 0 aliphatic heterocycles. The molecule has 5 nitrogen and oxygen atoms in total. The maximum Gasteiger partial charge on any atom is 0.154 e. The lowest BCUT2D eigenvalue weighted by atomic mass is 10.1. The molecule has 0 saturated carbocycles. The molecule has 5 heteroatoms. The molecule has 0 aromatic carbocycles. The Morgan fingerprint density at radius 3 is 2.79 bits per heavy atom. The normalized spacial score (nSPS) is 11.4. The first kappa shape index (κ1) is 13.8. The molecule has 0 amide bonds. The van der Waals surface area contributed by atoms with Gasteiger partial charge < -0.3 is 10.6 Å². The van der Waals surface area contributed by atoms with Crippen molar-refractivity contribution < 1.29 is 0 Å². The number of fused-ring (bicyclic) bond motifs is 1. The highest BCUT2D eigenvalue weighted by Crippen LogP contribution is 2.22. The van der Waals surface area contributed by atoms with E-state index in [-0.39, 0.29) is 0 Å². The van der Waals surface area contributed by atoms with E-state index in [1.165, 1.54) is 0 Å². The van der Waals surface area contributed by atoms with Gasteiger partial charge in [-0.15, -0.1) is 0 Å². The molecule has 0 atom stereocenters. The Balaban J connectivity index is 2.46. The summed E-state index contributed by atoms with van der Waals surface area (Å²) in [5.74, 6) is 1.40. The number of nitrogens with zero attached hydrogens (tertiary/aromatic N) is 4. The standard InChI is InChI=1S/C14H23N5/c1-4-7-18(8-5-15)14-13-10-12(11(2)3)17-19(13)9-6-16-14/h6,9-11H,4-5,7-8,15H2,1-3H3. The number of nitrogens with two attached hydrogens (primary N) is 1. The predicted molar refractivity (Wildman–Crippen MR) is 78.6 cm³/mol. The summed E-state index contributed by atoms with van der Waals surface area (Å²) in [7, 11) is 0. The third-order valence-corrected chi connectivity index (χ3v) is 3.17. The Morgan fingerprint density at radius 2 is 2.16 bits per heavy atom. The van der Waals surface area contributed by atoms with Gasteiger partial charge in [-0.2, -0.15) is 5.10 Å². The van der Waals surface area contributed by atoms with Gasteiger partial charge >= 0.3 is 0 Å². The van der Waals surface area contributed by atoms with E-state index in [0.29, 0.717) is 12.5 Å². The number of hydrogen-bond acceptors (Lipinski definition) is 4. The van der Waals surface area contributed by atoms with Crippen LogP contribution in [0.25, 0.3) is 5.52 Å². The lowest BCUT2D eigenvalue weighted by molar-refractivity contribution is 0.747. The van der Waals surface area contributed by atoms with Crippen LogP contribution in [0.5, 0.6) is 0 Å². The molecule has 0 spiro atoms. The molecule has 0 unspecified atom stereocenters. The first-order valence-corrected chi connectivity index (χ1v) is 6.96. The van der Waals surface area contributed by atoms with Gasteiger partial charge in [0.15, 0.2) is 5.82 Å². The summed E-state index contributed by atoms with van der Waals surface area (Å²) >= 11 is 0. The minimum Gasteiger partial charge on any atom is -0.354 e. The van der Waals surface area contributed by atoms with Crippen molar-refractivity contribution in [1.29, 1.82) is 0 Å². The van der Waals surface area contributed by atoms with Gasteiger partial charge in [-0.05, 0) is 18.4 Å². The van der Waals surface area contributed by atoms with Crippen molar-refractivity contribution in [2.75, 3.05) is 24.5 Å². The third-order valence-electron chi connectivity index (χ3n) is 3.17. The summed E-state index contributed by atoms with van der Waals surface area (Å²) in [6, 6.07) is 2.13. The first-order valence-electron chi connectivity index (χ1n) is 6.96. The van der Waals surface area contributed by atoms with E-state index in [2.05, 4.69) is 41.8 Å². The van der Waals surface area contributed by atoms with Crippen LogP contribution in [0.4, 0.5) is 5.82 Å². The molecule has 0 saturated heterocycles.